The highest BCUT2D eigenvalue weighted by Crippen LogP contribution is 2.66. The zero-order chi connectivity index (χ0) is 22.1. The van der Waals surface area contributed by atoms with E-state index in [2.05, 4.69) is 37.2 Å². The third kappa shape index (κ3) is 2.88. The molecule has 0 amide bonds. The smallest absolute Gasteiger partial charge is 0.116 e. The molecule has 4 heteroatoms. The molecule has 4 aliphatic carbocycles. The minimum absolute atomic E-state index is 0.0626. The van der Waals surface area contributed by atoms with Crippen LogP contribution in [0.25, 0.3) is 0 Å². The van der Waals surface area contributed by atoms with Crippen LogP contribution < -0.4 is 5.32 Å². The van der Waals surface area contributed by atoms with Gasteiger partial charge in [-0.1, -0.05) is 18.6 Å². The van der Waals surface area contributed by atoms with Gasteiger partial charge < -0.3 is 10.4 Å². The highest BCUT2D eigenvalue weighted by molar-refractivity contribution is 5.27. The van der Waals surface area contributed by atoms with Crippen LogP contribution in [0.5, 0.6) is 0 Å². The van der Waals surface area contributed by atoms with Crippen LogP contribution in [0.2, 0.25) is 0 Å². The average molecular weight is 443 g/mol. The highest BCUT2D eigenvalue weighted by Gasteiger charge is 2.65. The standard InChI is InChI=1S/C28H48N3O/c1-20-19-29-15-16-30(20)31(17-4-5-18-31)25-8-6-7-21-9-10-22-23-11-12-26(32)27(23,2)14-13-24(22)28(21,25)3/h9,20,22-26,29,32H,4-8,10-19H2,1-3H3/q+1/t20?,22-,23-,24-,25?,26?,27-,28-/m0/s1. The van der Waals surface area contributed by atoms with E-state index < -0.39 is 0 Å². The second-order valence-corrected chi connectivity index (χ2v) is 13.0. The number of allylic oxidation sites excluding steroid dienone is 1. The summed E-state index contributed by atoms with van der Waals surface area (Å²) in [6, 6.07) is 1.40. The number of aliphatic hydroxyl groups excluding tert-OH is 1. The molecule has 32 heavy (non-hydrogen) atoms. The second-order valence-electron chi connectivity index (χ2n) is 13.0. The Bertz CT molecular complexity index is 760. The molecule has 4 nitrogen and oxygen atoms in total. The first-order chi connectivity index (χ1) is 15.4. The van der Waals surface area contributed by atoms with Gasteiger partial charge in [-0.15, -0.1) is 5.01 Å². The Morgan fingerprint density at radius 3 is 2.66 bits per heavy atom. The van der Waals surface area contributed by atoms with Crippen molar-refractivity contribution in [1.29, 1.82) is 0 Å². The molecule has 2 saturated heterocycles. The number of hydrogen-bond donors (Lipinski definition) is 2. The van der Waals surface area contributed by atoms with Gasteiger partial charge in [0, 0.05) is 37.8 Å². The number of fused-ring (bicyclic) bond motifs is 5. The van der Waals surface area contributed by atoms with E-state index >= 15 is 0 Å². The van der Waals surface area contributed by atoms with E-state index in [1.54, 1.807) is 0 Å². The Morgan fingerprint density at radius 1 is 1.06 bits per heavy atom. The van der Waals surface area contributed by atoms with E-state index in [1.165, 1.54) is 82.0 Å². The first-order valence-electron chi connectivity index (χ1n) is 14.1. The van der Waals surface area contributed by atoms with Gasteiger partial charge >= 0.3 is 0 Å². The lowest BCUT2D eigenvalue weighted by atomic mass is 9.46. The van der Waals surface area contributed by atoms with Crippen molar-refractivity contribution in [3.05, 3.63) is 11.6 Å². The molecule has 8 atom stereocenters. The average Bonchev–Trinajstić information content (AvgIpc) is 3.39. The molecule has 0 bridgehead atoms. The molecule has 0 radical (unpaired) electrons. The minimum Gasteiger partial charge on any atom is -0.393 e. The Hall–Kier alpha value is -0.420. The van der Waals surface area contributed by atoms with Crippen LogP contribution in [-0.2, 0) is 0 Å². The van der Waals surface area contributed by atoms with Crippen LogP contribution >= 0.6 is 0 Å². The number of nitrogens with zero attached hydrogens (tertiary/aromatic N) is 2. The van der Waals surface area contributed by atoms with Gasteiger partial charge in [0.2, 0.25) is 0 Å². The lowest BCUT2D eigenvalue weighted by Crippen LogP contribution is -2.74. The van der Waals surface area contributed by atoms with Gasteiger partial charge in [-0.25, -0.2) is 4.59 Å². The molecule has 6 aliphatic rings. The van der Waals surface area contributed by atoms with Crippen LogP contribution in [0.4, 0.5) is 0 Å². The zero-order valence-electron chi connectivity index (χ0n) is 21.0. The Balaban J connectivity index is 1.41. The van der Waals surface area contributed by atoms with Crippen LogP contribution in [-0.4, -0.2) is 65.6 Å². The van der Waals surface area contributed by atoms with Crippen LogP contribution in [0.1, 0.15) is 85.0 Å². The number of rotatable bonds is 2. The number of piperazine rings is 1. The summed E-state index contributed by atoms with van der Waals surface area (Å²) in [5.74, 6) is 2.35. The molecule has 0 aromatic rings. The molecular formula is C28H48N3O+. The molecule has 5 fully saturated rings. The Labute approximate surface area is 196 Å². The van der Waals surface area contributed by atoms with Crippen molar-refractivity contribution >= 4 is 0 Å². The summed E-state index contributed by atoms with van der Waals surface area (Å²) in [4.78, 5) is 0. The molecule has 2 aliphatic heterocycles. The van der Waals surface area contributed by atoms with E-state index in [1.807, 2.05) is 5.57 Å². The number of nitrogens with one attached hydrogen (secondary N) is 1. The largest absolute Gasteiger partial charge is 0.393 e. The number of likely N-dealkylation sites (tertiary alicyclic amines) is 1. The number of quaternary nitrogens is 1. The van der Waals surface area contributed by atoms with E-state index in [4.69, 9.17) is 0 Å². The van der Waals surface area contributed by atoms with Crippen molar-refractivity contribution in [2.45, 2.75) is 103 Å². The normalized spacial score (nSPS) is 50.9. The fraction of sp³-hybridized carbons (Fsp3) is 0.929. The Kier molecular flexibility index (Phi) is 5.38. The first kappa shape index (κ1) is 22.1. The summed E-state index contributed by atoms with van der Waals surface area (Å²) in [6.45, 7) is 13.9. The summed E-state index contributed by atoms with van der Waals surface area (Å²) < 4.78 is 1.30. The number of hydrogen-bond acceptors (Lipinski definition) is 3. The molecule has 6 rings (SSSR count). The van der Waals surface area contributed by atoms with Crippen molar-refractivity contribution in [3.63, 3.8) is 0 Å². The minimum atomic E-state index is -0.0626. The SMILES string of the molecule is CC1CNCCN1[N+]1(C2CCCC3=CC[C@H]4[C@@H]5CCC(O)[C@@]5(C)CC[C@@H]4[C@]32C)CCCC1. The lowest BCUT2D eigenvalue weighted by molar-refractivity contribution is -1.05. The van der Waals surface area contributed by atoms with E-state index in [0.29, 0.717) is 11.5 Å². The van der Waals surface area contributed by atoms with E-state index in [-0.39, 0.29) is 11.5 Å². The third-order valence-corrected chi connectivity index (χ3v) is 12.0. The molecule has 3 unspecified atom stereocenters. The van der Waals surface area contributed by atoms with Gasteiger partial charge in [-0.3, -0.25) is 0 Å². The predicted molar refractivity (Wildman–Crippen MR) is 130 cm³/mol. The van der Waals surface area contributed by atoms with E-state index in [9.17, 15) is 5.11 Å². The summed E-state index contributed by atoms with van der Waals surface area (Å²) in [5.41, 5.74) is 2.37. The lowest BCUT2D eigenvalue weighted by Gasteiger charge is -2.64. The monoisotopic (exact) mass is 442 g/mol. The maximum absolute atomic E-state index is 10.9. The van der Waals surface area contributed by atoms with Crippen molar-refractivity contribution in [3.8, 4) is 0 Å². The van der Waals surface area contributed by atoms with Crippen LogP contribution in [0, 0.1) is 28.6 Å². The van der Waals surface area contributed by atoms with Crippen LogP contribution in [0.15, 0.2) is 11.6 Å². The molecule has 180 valence electrons. The fourth-order valence-electron chi connectivity index (χ4n) is 10.5. The van der Waals surface area contributed by atoms with Gasteiger partial charge in [0.25, 0.3) is 0 Å². The molecular weight excluding hydrogens is 394 g/mol. The first-order valence-corrected chi connectivity index (χ1v) is 14.1. The highest BCUT2D eigenvalue weighted by atomic mass is 16.3. The van der Waals surface area contributed by atoms with Crippen molar-refractivity contribution in [2.24, 2.45) is 28.6 Å². The summed E-state index contributed by atoms with van der Waals surface area (Å²) in [7, 11) is 0. The molecule has 0 aromatic carbocycles. The van der Waals surface area contributed by atoms with Gasteiger partial charge in [0.15, 0.2) is 0 Å². The third-order valence-electron chi connectivity index (χ3n) is 12.0. The van der Waals surface area contributed by atoms with Crippen LogP contribution in [0.3, 0.4) is 0 Å². The molecule has 0 spiro atoms. The Morgan fingerprint density at radius 2 is 1.88 bits per heavy atom. The maximum Gasteiger partial charge on any atom is 0.116 e. The predicted octanol–water partition coefficient (Wildman–Crippen LogP) is 4.50. The summed E-state index contributed by atoms with van der Waals surface area (Å²) in [6.07, 6.45) is 15.8. The zero-order valence-corrected chi connectivity index (χ0v) is 21.0. The summed E-state index contributed by atoms with van der Waals surface area (Å²) in [5, 5.41) is 17.5. The molecule has 3 saturated carbocycles. The van der Waals surface area contributed by atoms with E-state index in [0.717, 1.165) is 43.3 Å². The van der Waals surface area contributed by atoms with Gasteiger partial charge in [-0.2, -0.15) is 0 Å². The summed E-state index contributed by atoms with van der Waals surface area (Å²) >= 11 is 0. The van der Waals surface area contributed by atoms with Crippen molar-refractivity contribution in [1.82, 2.24) is 10.3 Å². The molecule has 2 N–H and O–H groups in total. The molecule has 2 heterocycles. The quantitative estimate of drug-likeness (QED) is 0.488. The van der Waals surface area contributed by atoms with Crippen molar-refractivity contribution < 1.29 is 9.70 Å². The molecule has 0 aromatic heterocycles. The fourth-order valence-corrected chi connectivity index (χ4v) is 10.5. The maximum atomic E-state index is 10.9. The topological polar surface area (TPSA) is 35.5 Å². The van der Waals surface area contributed by atoms with Gasteiger partial charge in [0.1, 0.15) is 6.04 Å². The van der Waals surface area contributed by atoms with Crippen molar-refractivity contribution in [2.75, 3.05) is 32.7 Å². The van der Waals surface area contributed by atoms with Gasteiger partial charge in [-0.05, 0) is 82.0 Å². The van der Waals surface area contributed by atoms with Gasteiger partial charge in [0.05, 0.1) is 31.8 Å². The second kappa shape index (κ2) is 7.80. The number of aliphatic hydroxyl groups is 1.